The molecule has 0 saturated heterocycles. The second-order valence-corrected chi connectivity index (χ2v) is 4.21. The van der Waals surface area contributed by atoms with Crippen LogP contribution in [0.1, 0.15) is 20.3 Å². The summed E-state index contributed by atoms with van der Waals surface area (Å²) in [5.41, 5.74) is -2.44. The van der Waals surface area contributed by atoms with Crippen molar-refractivity contribution in [3.8, 4) is 0 Å². The summed E-state index contributed by atoms with van der Waals surface area (Å²) in [7, 11) is 1.34. The monoisotopic (exact) mass is 318 g/mol. The van der Waals surface area contributed by atoms with Gasteiger partial charge < -0.3 is 25.2 Å². The van der Waals surface area contributed by atoms with E-state index in [-0.39, 0.29) is 77.3 Å². The topological polar surface area (TPSA) is 159 Å². The summed E-state index contributed by atoms with van der Waals surface area (Å²) < 4.78 is 5.00. The van der Waals surface area contributed by atoms with Crippen LogP contribution >= 0.6 is 0 Å². The van der Waals surface area contributed by atoms with Crippen molar-refractivity contribution in [3.05, 3.63) is 0 Å². The second-order valence-electron chi connectivity index (χ2n) is 4.21. The van der Waals surface area contributed by atoms with Gasteiger partial charge in [0.2, 0.25) is 5.90 Å². The molecule has 0 spiro atoms. The van der Waals surface area contributed by atoms with Gasteiger partial charge in [0.1, 0.15) is 5.54 Å². The summed E-state index contributed by atoms with van der Waals surface area (Å²) in [6.45, 7) is 3.05. The van der Waals surface area contributed by atoms with Gasteiger partial charge in [-0.3, -0.25) is 5.41 Å². The number of aliphatic imine (C=N–C) groups is 1. The number of ether oxygens (including phenoxy) is 1. The Kier molecular flexibility index (Phi) is 10.8. The van der Waals surface area contributed by atoms with E-state index in [0.717, 1.165) is 0 Å². The first kappa shape index (κ1) is 23.1. The minimum atomic E-state index is -1.26. The van der Waals surface area contributed by atoms with E-state index in [2.05, 4.69) is 35.8 Å². The number of rotatable bonds is 4. The van der Waals surface area contributed by atoms with Crippen LogP contribution in [-0.2, 0) is 14.7 Å². The Morgan fingerprint density at radius 3 is 2.00 bits per heavy atom. The van der Waals surface area contributed by atoms with Crippen LogP contribution in [0.15, 0.2) is 25.8 Å². The predicted molar refractivity (Wildman–Crippen MR) is 55.5 cm³/mol. The molecule has 1 aliphatic rings. The van der Waals surface area contributed by atoms with Crippen LogP contribution in [0.2, 0.25) is 0 Å². The largest absolute Gasteiger partial charge is 1.00 e. The van der Waals surface area contributed by atoms with E-state index < -0.39 is 11.1 Å². The second kappa shape index (κ2) is 9.79. The number of nitrogens with one attached hydrogen (secondary N) is 1. The van der Waals surface area contributed by atoms with Crippen molar-refractivity contribution >= 4 is 11.7 Å². The minimum Gasteiger partial charge on any atom is -0.636 e. The Morgan fingerprint density at radius 1 is 1.10 bits per heavy atom. The van der Waals surface area contributed by atoms with E-state index in [1.54, 1.807) is 6.92 Å². The zero-order valence-corrected chi connectivity index (χ0v) is 16.5. The molecule has 0 radical (unpaired) electrons. The average molecular weight is 318 g/mol. The molecule has 1 heterocycles. The van der Waals surface area contributed by atoms with E-state index in [9.17, 15) is 10.5 Å². The van der Waals surface area contributed by atoms with E-state index in [4.69, 9.17) is 10.1 Å². The molecular formula is C8H12N6Na2O5. The summed E-state index contributed by atoms with van der Waals surface area (Å²) in [5.74, 6) is -0.130. The Labute approximate surface area is 164 Å². The van der Waals surface area contributed by atoms with Gasteiger partial charge >= 0.3 is 59.1 Å². The van der Waals surface area contributed by atoms with Gasteiger partial charge in [-0.1, -0.05) is 0 Å². The van der Waals surface area contributed by atoms with Gasteiger partial charge in [0.25, 0.3) is 0 Å². The maximum Gasteiger partial charge on any atom is 1.00 e. The quantitative estimate of drug-likeness (QED) is 0.236. The van der Waals surface area contributed by atoms with Gasteiger partial charge in [0.05, 0.1) is 7.11 Å². The van der Waals surface area contributed by atoms with Gasteiger partial charge in [-0.25, -0.2) is 0 Å². The van der Waals surface area contributed by atoms with E-state index in [0.29, 0.717) is 0 Å². The van der Waals surface area contributed by atoms with E-state index >= 15 is 0 Å². The van der Waals surface area contributed by atoms with Gasteiger partial charge in [0.15, 0.2) is 11.4 Å². The smallest absolute Gasteiger partial charge is 0.636 e. The Morgan fingerprint density at radius 2 is 1.57 bits per heavy atom. The molecular weight excluding hydrogens is 306 g/mol. The minimum absolute atomic E-state index is 0. The first-order valence-corrected chi connectivity index (χ1v) is 5.06. The number of methoxy groups -OCH3 is 1. The maximum absolute atomic E-state index is 9.92. The van der Waals surface area contributed by atoms with Crippen molar-refractivity contribution in [1.29, 1.82) is 5.41 Å². The molecule has 1 aliphatic heterocycles. The van der Waals surface area contributed by atoms with Crippen molar-refractivity contribution in [2.24, 2.45) is 25.8 Å². The van der Waals surface area contributed by atoms with Crippen LogP contribution in [0.4, 0.5) is 0 Å². The van der Waals surface area contributed by atoms with Crippen molar-refractivity contribution in [3.63, 3.8) is 0 Å². The average Bonchev–Trinajstić information content (AvgIpc) is 2.38. The van der Waals surface area contributed by atoms with Gasteiger partial charge in [0, 0.05) is 17.0 Å². The van der Waals surface area contributed by atoms with Crippen LogP contribution in [0.25, 0.3) is 0 Å². The molecule has 0 aromatic heterocycles. The molecule has 2 unspecified atom stereocenters. The molecule has 0 aromatic carbocycles. The van der Waals surface area contributed by atoms with Crippen molar-refractivity contribution < 1.29 is 84.3 Å². The van der Waals surface area contributed by atoms with Crippen molar-refractivity contribution in [2.75, 3.05) is 7.11 Å². The maximum atomic E-state index is 9.92. The summed E-state index contributed by atoms with van der Waals surface area (Å²) in [6, 6.07) is 0. The zero-order chi connectivity index (χ0) is 14.5. The fraction of sp³-hybridized carbons (Fsp3) is 0.750. The molecule has 0 bridgehead atoms. The number of nitrogens with zero attached hydrogens (tertiary/aromatic N) is 5. The Hall–Kier alpha value is -0.140. The molecule has 106 valence electrons. The number of amidine groups is 1. The molecule has 2 atom stereocenters. The molecule has 21 heavy (non-hydrogen) atoms. The summed E-state index contributed by atoms with van der Waals surface area (Å²) >= 11 is 0. The first-order chi connectivity index (χ1) is 8.91. The predicted octanol–water partition coefficient (Wildman–Crippen LogP) is -6.74. The van der Waals surface area contributed by atoms with Crippen LogP contribution in [0, 0.1) is 5.41 Å². The summed E-state index contributed by atoms with van der Waals surface area (Å²) in [5, 5.41) is 40.6. The van der Waals surface area contributed by atoms with Crippen molar-refractivity contribution in [1.82, 2.24) is 0 Å². The van der Waals surface area contributed by atoms with Gasteiger partial charge in [-0.15, -0.1) is 10.2 Å². The summed E-state index contributed by atoms with van der Waals surface area (Å²) in [6.07, 6.45) is 0.0330. The Balaban J connectivity index is 0. The SMILES string of the molecule is COC1=NC(=N)C(C)(N=NO[O-])CC1(C)N=NO[O-].[Na+].[Na+]. The standard InChI is InChI=1S/C8H14N6O5.2Na/c1-7(11-13-18-15)4-8(2,12-14-19-16)6(17-3)10-5(7)9;;/h9,15-16H,4H2,1-3H3;;/q;2*+1/p-2. The van der Waals surface area contributed by atoms with E-state index in [1.807, 2.05) is 0 Å². The van der Waals surface area contributed by atoms with Gasteiger partial charge in [-0.2, -0.15) is 4.99 Å². The van der Waals surface area contributed by atoms with Crippen LogP contribution < -0.4 is 69.6 Å². The molecule has 0 saturated carbocycles. The molecule has 1 rings (SSSR count). The fourth-order valence-corrected chi connectivity index (χ4v) is 1.81. The molecule has 0 fully saturated rings. The number of hydrogen-bond donors (Lipinski definition) is 1. The van der Waals surface area contributed by atoms with Crippen LogP contribution in [0.5, 0.6) is 0 Å². The first-order valence-electron chi connectivity index (χ1n) is 5.06. The third-order valence-electron chi connectivity index (χ3n) is 2.66. The van der Waals surface area contributed by atoms with Crippen LogP contribution in [0.3, 0.4) is 0 Å². The Bertz CT molecular complexity index is 447. The zero-order valence-electron chi connectivity index (χ0n) is 12.5. The van der Waals surface area contributed by atoms with Crippen molar-refractivity contribution in [2.45, 2.75) is 31.3 Å². The molecule has 1 N–H and O–H groups in total. The molecule has 13 heteroatoms. The molecule has 0 aromatic rings. The third kappa shape index (κ3) is 5.53. The van der Waals surface area contributed by atoms with Crippen LogP contribution in [-0.4, -0.2) is 29.9 Å². The van der Waals surface area contributed by atoms with E-state index in [1.165, 1.54) is 14.0 Å². The third-order valence-corrected chi connectivity index (χ3v) is 2.66. The normalized spacial score (nSPS) is 28.6. The molecule has 11 nitrogen and oxygen atoms in total. The fourth-order valence-electron chi connectivity index (χ4n) is 1.81. The number of hydrogen-bond acceptors (Lipinski definition) is 10. The molecule has 0 aliphatic carbocycles. The molecule has 0 amide bonds. The van der Waals surface area contributed by atoms with Gasteiger partial charge in [-0.05, 0) is 13.8 Å². The summed E-state index contributed by atoms with van der Waals surface area (Å²) in [4.78, 5) is 10.4.